The fourth-order valence-electron chi connectivity index (χ4n) is 6.83. The van der Waals surface area contributed by atoms with Crippen LogP contribution in [-0.4, -0.2) is 46.2 Å². The zero-order chi connectivity index (χ0) is 29.7. The summed E-state index contributed by atoms with van der Waals surface area (Å²) in [5.74, 6) is -5.89. The molecule has 1 aromatic heterocycles. The maximum absolute atomic E-state index is 16.1. The van der Waals surface area contributed by atoms with Gasteiger partial charge in [-0.05, 0) is 44.6 Å². The van der Waals surface area contributed by atoms with Gasteiger partial charge in [-0.25, -0.2) is 18.1 Å². The second kappa shape index (κ2) is 13.9. The molecule has 3 saturated carbocycles. The van der Waals surface area contributed by atoms with Crippen molar-refractivity contribution in [3.8, 4) is 0 Å². The van der Waals surface area contributed by atoms with E-state index in [0.29, 0.717) is 43.1 Å². The molecule has 3 aliphatic carbocycles. The average Bonchev–Trinajstić information content (AvgIpc) is 3.22. The SMILES string of the molecule is Nc1ccn([C@@H]2O[C@H](COP(=O)(OC3CCCCC3)OC3CCCCC3)[C@@H](CC(=O)C3CCCCC3)C2(F)F)c(=O)n1. The number of carbonyl (C=O) groups is 1. The van der Waals surface area contributed by atoms with E-state index in [1.54, 1.807) is 0 Å². The van der Waals surface area contributed by atoms with Gasteiger partial charge in [-0.15, -0.1) is 0 Å². The zero-order valence-corrected chi connectivity index (χ0v) is 25.1. The van der Waals surface area contributed by atoms with E-state index in [-0.39, 0.29) is 29.7 Å². The van der Waals surface area contributed by atoms with Crippen LogP contribution in [0.4, 0.5) is 14.6 Å². The minimum Gasteiger partial charge on any atom is -0.383 e. The minimum absolute atomic E-state index is 0.109. The highest BCUT2D eigenvalue weighted by Crippen LogP contribution is 2.56. The lowest BCUT2D eigenvalue weighted by molar-refractivity contribution is -0.137. The van der Waals surface area contributed by atoms with Crippen LogP contribution in [0.15, 0.2) is 17.1 Å². The summed E-state index contributed by atoms with van der Waals surface area (Å²) in [7, 11) is -4.15. The lowest BCUT2D eigenvalue weighted by Crippen LogP contribution is -2.40. The molecule has 10 nitrogen and oxygen atoms in total. The number of carbonyl (C=O) groups excluding carboxylic acids is 1. The number of aromatic nitrogens is 2. The largest absolute Gasteiger partial charge is 0.475 e. The maximum Gasteiger partial charge on any atom is 0.475 e. The number of alkyl halides is 2. The fraction of sp³-hybridized carbons (Fsp3) is 0.828. The molecule has 0 radical (unpaired) electrons. The summed E-state index contributed by atoms with van der Waals surface area (Å²) in [6.45, 7) is -0.539. The van der Waals surface area contributed by atoms with Crippen LogP contribution in [0.3, 0.4) is 0 Å². The molecule has 0 spiro atoms. The summed E-state index contributed by atoms with van der Waals surface area (Å²) >= 11 is 0. The molecular weight excluding hydrogens is 571 g/mol. The Morgan fingerprint density at radius 2 is 1.52 bits per heavy atom. The van der Waals surface area contributed by atoms with Gasteiger partial charge in [-0.1, -0.05) is 57.8 Å². The van der Waals surface area contributed by atoms with Crippen molar-refractivity contribution in [1.29, 1.82) is 0 Å². The molecule has 4 fully saturated rings. The van der Waals surface area contributed by atoms with Crippen molar-refractivity contribution in [3.05, 3.63) is 22.7 Å². The van der Waals surface area contributed by atoms with Gasteiger partial charge >= 0.3 is 13.5 Å². The van der Waals surface area contributed by atoms with Gasteiger partial charge in [0.1, 0.15) is 11.6 Å². The van der Waals surface area contributed by atoms with Gasteiger partial charge < -0.3 is 10.5 Å². The van der Waals surface area contributed by atoms with Crippen molar-refractivity contribution < 1.29 is 36.4 Å². The Morgan fingerprint density at radius 3 is 2.07 bits per heavy atom. The van der Waals surface area contributed by atoms with Crippen molar-refractivity contribution in [2.75, 3.05) is 12.3 Å². The normalized spacial score (nSPS) is 28.2. The van der Waals surface area contributed by atoms with E-state index in [1.165, 1.54) is 6.07 Å². The molecule has 1 aromatic rings. The fourth-order valence-corrected chi connectivity index (χ4v) is 8.48. The molecule has 0 amide bonds. The Hall–Kier alpha value is -1.72. The Labute approximate surface area is 245 Å². The highest BCUT2D eigenvalue weighted by molar-refractivity contribution is 7.48. The van der Waals surface area contributed by atoms with Gasteiger partial charge in [0.15, 0.2) is 0 Å². The van der Waals surface area contributed by atoms with E-state index in [9.17, 15) is 14.2 Å². The summed E-state index contributed by atoms with van der Waals surface area (Å²) in [6, 6.07) is 1.23. The molecule has 236 valence electrons. The van der Waals surface area contributed by atoms with E-state index in [4.69, 9.17) is 24.0 Å². The zero-order valence-electron chi connectivity index (χ0n) is 24.2. The van der Waals surface area contributed by atoms with Crippen LogP contribution in [0.2, 0.25) is 0 Å². The molecule has 2 heterocycles. The van der Waals surface area contributed by atoms with Crippen LogP contribution >= 0.6 is 7.82 Å². The van der Waals surface area contributed by atoms with Gasteiger partial charge in [0.25, 0.3) is 5.92 Å². The van der Waals surface area contributed by atoms with Crippen molar-refractivity contribution >= 4 is 19.4 Å². The Morgan fingerprint density at radius 1 is 0.976 bits per heavy atom. The summed E-state index contributed by atoms with van der Waals surface area (Å²) < 4.78 is 70.5. The number of phosphoric acid groups is 1. The van der Waals surface area contributed by atoms with E-state index < -0.39 is 50.7 Å². The highest BCUT2D eigenvalue weighted by atomic mass is 31.2. The van der Waals surface area contributed by atoms with Crippen LogP contribution in [-0.2, 0) is 27.7 Å². The lowest BCUT2D eigenvalue weighted by Gasteiger charge is -2.31. The van der Waals surface area contributed by atoms with Gasteiger partial charge in [0, 0.05) is 18.5 Å². The first kappa shape index (κ1) is 31.7. The molecule has 5 rings (SSSR count). The topological polar surface area (TPSA) is 132 Å². The van der Waals surface area contributed by atoms with Crippen molar-refractivity contribution in [3.63, 3.8) is 0 Å². The monoisotopic (exact) mass is 615 g/mol. The molecular formula is C29H44F2N3O7P. The number of hydrogen-bond donors (Lipinski definition) is 1. The van der Waals surface area contributed by atoms with Gasteiger partial charge in [-0.2, -0.15) is 4.98 Å². The molecule has 3 atom stereocenters. The van der Waals surface area contributed by atoms with E-state index in [0.717, 1.165) is 64.0 Å². The Kier molecular flexibility index (Phi) is 10.5. The van der Waals surface area contributed by atoms with Gasteiger partial charge in [0.2, 0.25) is 6.23 Å². The van der Waals surface area contributed by atoms with Crippen LogP contribution in [0.5, 0.6) is 0 Å². The third-order valence-corrected chi connectivity index (χ3v) is 10.8. The summed E-state index contributed by atoms with van der Waals surface area (Å²) in [6.07, 6.45) is 9.52. The number of rotatable bonds is 11. The van der Waals surface area contributed by atoms with Crippen LogP contribution in [0.1, 0.15) is 109 Å². The predicted octanol–water partition coefficient (Wildman–Crippen LogP) is 6.34. The van der Waals surface area contributed by atoms with E-state index in [2.05, 4.69) is 4.98 Å². The Bertz CT molecular complexity index is 1140. The highest BCUT2D eigenvalue weighted by Gasteiger charge is 2.61. The number of hydrogen-bond acceptors (Lipinski definition) is 9. The first-order valence-corrected chi connectivity index (χ1v) is 17.1. The van der Waals surface area contributed by atoms with Crippen molar-refractivity contribution in [2.24, 2.45) is 11.8 Å². The lowest BCUT2D eigenvalue weighted by atomic mass is 9.81. The number of ether oxygens (including phenoxy) is 1. The molecule has 0 bridgehead atoms. The summed E-state index contributed by atoms with van der Waals surface area (Å²) in [5.41, 5.74) is 4.57. The number of anilines is 1. The third kappa shape index (κ3) is 7.67. The molecule has 1 aliphatic heterocycles. The van der Waals surface area contributed by atoms with Gasteiger partial charge in [-0.3, -0.25) is 22.9 Å². The van der Waals surface area contributed by atoms with Gasteiger partial charge in [0.05, 0.1) is 30.8 Å². The minimum atomic E-state index is -4.15. The van der Waals surface area contributed by atoms with Crippen LogP contribution < -0.4 is 11.4 Å². The molecule has 13 heteroatoms. The van der Waals surface area contributed by atoms with Crippen molar-refractivity contribution in [1.82, 2.24) is 9.55 Å². The molecule has 0 unspecified atom stereocenters. The number of ketones is 1. The van der Waals surface area contributed by atoms with E-state index >= 15 is 8.78 Å². The number of halogens is 2. The summed E-state index contributed by atoms with van der Waals surface area (Å²) in [4.78, 5) is 29.3. The quantitative estimate of drug-likeness (QED) is 0.283. The number of nitrogens with two attached hydrogens (primary N) is 1. The molecule has 1 saturated heterocycles. The second-order valence-electron chi connectivity index (χ2n) is 12.3. The first-order valence-electron chi connectivity index (χ1n) is 15.7. The van der Waals surface area contributed by atoms with Crippen LogP contribution in [0.25, 0.3) is 0 Å². The number of nitrogen functional groups attached to an aromatic ring is 1. The van der Waals surface area contributed by atoms with Crippen LogP contribution in [0, 0.1) is 11.8 Å². The molecule has 0 aromatic carbocycles. The average molecular weight is 616 g/mol. The first-order chi connectivity index (χ1) is 20.1. The summed E-state index contributed by atoms with van der Waals surface area (Å²) in [5, 5.41) is 0. The smallest absolute Gasteiger partial charge is 0.383 e. The maximum atomic E-state index is 16.1. The molecule has 4 aliphatic rings. The van der Waals surface area contributed by atoms with Crippen molar-refractivity contribution in [2.45, 2.75) is 133 Å². The molecule has 2 N–H and O–H groups in total. The number of phosphoric ester groups is 1. The Balaban J connectivity index is 1.37. The number of Topliss-reactive ketones (excluding diaryl/α,β-unsaturated/α-hetero) is 1. The second-order valence-corrected chi connectivity index (χ2v) is 13.9. The standard InChI is InChI=1S/C29H44F2N3O7P/c30-29(31)23(18-24(35)20-10-4-1-5-11-20)25(39-27(29)34-17-16-26(32)33-28(34)36)19-38-42(37,40-21-12-6-2-7-13-21)41-22-14-8-3-9-15-22/h16-17,20-23,25,27H,1-15,18-19H2,(H2,32,33,36)/t23-,25-,27-/m1/s1. The number of nitrogens with zero attached hydrogens (tertiary/aromatic N) is 2. The third-order valence-electron chi connectivity index (χ3n) is 9.22. The predicted molar refractivity (Wildman–Crippen MR) is 151 cm³/mol. The van der Waals surface area contributed by atoms with E-state index in [1.807, 2.05) is 0 Å². The molecule has 42 heavy (non-hydrogen) atoms.